The highest BCUT2D eigenvalue weighted by Crippen LogP contribution is 2.20. The van der Waals surface area contributed by atoms with Gasteiger partial charge in [-0.15, -0.1) is 0 Å². The van der Waals surface area contributed by atoms with E-state index in [1.807, 2.05) is 5.32 Å². The monoisotopic (exact) mass is 407 g/mol. The Morgan fingerprint density at radius 3 is 2.39 bits per heavy atom. The molecule has 28 heavy (non-hydrogen) atoms. The summed E-state index contributed by atoms with van der Waals surface area (Å²) in [6.45, 7) is 0. The van der Waals surface area contributed by atoms with E-state index in [0.29, 0.717) is 23.4 Å². The number of anilines is 1. The van der Waals surface area contributed by atoms with E-state index >= 15 is 0 Å². The molecule has 9 heteroatoms. The lowest BCUT2D eigenvalue weighted by molar-refractivity contribution is -0.123. The Kier molecular flexibility index (Phi) is 6.84. The van der Waals surface area contributed by atoms with Gasteiger partial charge < -0.3 is 10.2 Å². The van der Waals surface area contributed by atoms with Crippen molar-refractivity contribution in [3.05, 3.63) is 70.3 Å². The summed E-state index contributed by atoms with van der Waals surface area (Å²) < 4.78 is 26.4. The molecule has 0 aromatic heterocycles. The Balaban J connectivity index is 2.13. The van der Waals surface area contributed by atoms with E-state index in [9.17, 15) is 23.2 Å². The molecule has 4 amide bonds. The molecule has 0 radical (unpaired) electrons. The van der Waals surface area contributed by atoms with Crippen molar-refractivity contribution >= 4 is 41.2 Å². The maximum atomic E-state index is 13.3. The van der Waals surface area contributed by atoms with Crippen molar-refractivity contribution in [2.45, 2.75) is 0 Å². The van der Waals surface area contributed by atoms with Crippen LogP contribution in [0, 0.1) is 11.6 Å². The van der Waals surface area contributed by atoms with Gasteiger partial charge in [0.25, 0.3) is 5.91 Å². The second-order valence-corrected chi connectivity index (χ2v) is 6.21. The van der Waals surface area contributed by atoms with Crippen LogP contribution in [0.5, 0.6) is 0 Å². The minimum Gasteiger partial charge on any atom is -0.345 e. The lowest BCUT2D eigenvalue weighted by atomic mass is 10.1. The fourth-order valence-electron chi connectivity index (χ4n) is 2.09. The van der Waals surface area contributed by atoms with Crippen LogP contribution in [0.15, 0.2) is 42.5 Å². The van der Waals surface area contributed by atoms with E-state index in [0.717, 1.165) is 0 Å². The van der Waals surface area contributed by atoms with Crippen molar-refractivity contribution < 1.29 is 23.2 Å². The first kappa shape index (κ1) is 21.0. The molecule has 0 fully saturated rings. The van der Waals surface area contributed by atoms with Gasteiger partial charge in [0.05, 0.1) is 10.6 Å². The van der Waals surface area contributed by atoms with E-state index in [1.54, 1.807) is 38.4 Å². The quantitative estimate of drug-likeness (QED) is 0.599. The molecule has 0 aliphatic rings. The Hall–Kier alpha value is -3.26. The average molecular weight is 408 g/mol. The predicted molar refractivity (Wildman–Crippen MR) is 102 cm³/mol. The van der Waals surface area contributed by atoms with Gasteiger partial charge in [0.2, 0.25) is 5.91 Å². The van der Waals surface area contributed by atoms with Crippen LogP contribution in [-0.4, -0.2) is 36.8 Å². The summed E-state index contributed by atoms with van der Waals surface area (Å²) in [7, 11) is 3.19. The number of urea groups is 1. The van der Waals surface area contributed by atoms with Crippen LogP contribution in [0.4, 0.5) is 19.3 Å². The minimum absolute atomic E-state index is 0.248. The number of halogens is 3. The van der Waals surface area contributed by atoms with Crippen LogP contribution in [0.25, 0.3) is 6.08 Å². The molecule has 0 atom stereocenters. The summed E-state index contributed by atoms with van der Waals surface area (Å²) in [5.41, 5.74) is 0.457. The van der Waals surface area contributed by atoms with Crippen molar-refractivity contribution in [1.82, 2.24) is 10.2 Å². The van der Waals surface area contributed by atoms with E-state index in [-0.39, 0.29) is 16.5 Å². The zero-order chi connectivity index (χ0) is 20.8. The van der Waals surface area contributed by atoms with Crippen molar-refractivity contribution in [2.75, 3.05) is 19.4 Å². The summed E-state index contributed by atoms with van der Waals surface area (Å²) in [4.78, 5) is 37.2. The molecule has 0 unspecified atom stereocenters. The van der Waals surface area contributed by atoms with Crippen LogP contribution < -0.4 is 10.6 Å². The number of benzene rings is 2. The molecule has 0 spiro atoms. The second-order valence-electron chi connectivity index (χ2n) is 5.81. The van der Waals surface area contributed by atoms with Crippen molar-refractivity contribution in [2.24, 2.45) is 0 Å². The summed E-state index contributed by atoms with van der Waals surface area (Å²) in [6, 6.07) is 6.90. The highest BCUT2D eigenvalue weighted by molar-refractivity contribution is 6.34. The number of carbonyl (C=O) groups is 3. The first-order chi connectivity index (χ1) is 13.2. The van der Waals surface area contributed by atoms with Gasteiger partial charge in [-0.2, -0.15) is 0 Å². The smallest absolute Gasteiger partial charge is 0.326 e. The molecule has 0 bridgehead atoms. The highest BCUT2D eigenvalue weighted by Gasteiger charge is 2.17. The highest BCUT2D eigenvalue weighted by atomic mass is 35.5. The number of nitrogens with one attached hydrogen (secondary N) is 2. The van der Waals surface area contributed by atoms with Gasteiger partial charge in [-0.05, 0) is 29.8 Å². The summed E-state index contributed by atoms with van der Waals surface area (Å²) >= 11 is 5.72. The number of imide groups is 1. The third kappa shape index (κ3) is 5.37. The standard InChI is InChI=1S/C19H16ClF2N3O3/c1-25(2)17(26)8-7-11-5-3-4-6-16(11)23-19(28)24-18(27)12-9-14(21)15(22)10-13(12)20/h3-10H,1-2H3,(H2,23,24,27,28)/b8-7+. The normalized spacial score (nSPS) is 10.6. The molecule has 0 aliphatic heterocycles. The Bertz CT molecular complexity index is 961. The van der Waals surface area contributed by atoms with Gasteiger partial charge in [-0.3, -0.25) is 14.9 Å². The molecular weight excluding hydrogens is 392 g/mol. The zero-order valence-corrected chi connectivity index (χ0v) is 15.7. The predicted octanol–water partition coefficient (Wildman–Crippen LogP) is 3.68. The Morgan fingerprint density at radius 2 is 1.71 bits per heavy atom. The van der Waals surface area contributed by atoms with Gasteiger partial charge >= 0.3 is 6.03 Å². The lowest BCUT2D eigenvalue weighted by Gasteiger charge is -2.11. The van der Waals surface area contributed by atoms with Gasteiger partial charge in [0, 0.05) is 25.9 Å². The molecule has 6 nitrogen and oxygen atoms in total. The van der Waals surface area contributed by atoms with Crippen LogP contribution in [0.1, 0.15) is 15.9 Å². The Morgan fingerprint density at radius 1 is 1.07 bits per heavy atom. The number of hydrogen-bond acceptors (Lipinski definition) is 3. The number of likely N-dealkylation sites (N-methyl/N-ethyl adjacent to an activating group) is 1. The Labute approximate surface area is 164 Å². The molecule has 146 valence electrons. The third-order valence-corrected chi connectivity index (χ3v) is 3.85. The maximum absolute atomic E-state index is 13.3. The van der Waals surface area contributed by atoms with E-state index in [1.165, 1.54) is 17.1 Å². The van der Waals surface area contributed by atoms with Gasteiger partial charge in [0.1, 0.15) is 0 Å². The van der Waals surface area contributed by atoms with Crippen molar-refractivity contribution in [1.29, 1.82) is 0 Å². The number of carbonyl (C=O) groups excluding carboxylic acids is 3. The van der Waals surface area contributed by atoms with Gasteiger partial charge in [0.15, 0.2) is 11.6 Å². The average Bonchev–Trinajstić information content (AvgIpc) is 2.63. The fraction of sp³-hybridized carbons (Fsp3) is 0.105. The molecule has 0 aliphatic carbocycles. The minimum atomic E-state index is -1.27. The van der Waals surface area contributed by atoms with E-state index < -0.39 is 23.6 Å². The molecule has 2 rings (SSSR count). The largest absolute Gasteiger partial charge is 0.345 e. The van der Waals surface area contributed by atoms with Gasteiger partial charge in [-0.1, -0.05) is 29.8 Å². The summed E-state index contributed by atoms with van der Waals surface area (Å²) in [6.07, 6.45) is 2.83. The van der Waals surface area contributed by atoms with Crippen LogP contribution in [0.2, 0.25) is 5.02 Å². The second kappa shape index (κ2) is 9.09. The molecule has 2 aromatic carbocycles. The third-order valence-electron chi connectivity index (χ3n) is 3.54. The maximum Gasteiger partial charge on any atom is 0.326 e. The van der Waals surface area contributed by atoms with Crippen molar-refractivity contribution in [3.63, 3.8) is 0 Å². The number of para-hydroxylation sites is 1. The topological polar surface area (TPSA) is 78.5 Å². The lowest BCUT2D eigenvalue weighted by Crippen LogP contribution is -2.34. The molecule has 2 aromatic rings. The summed E-state index contributed by atoms with van der Waals surface area (Å²) in [5, 5.41) is 4.09. The molecular formula is C19H16ClF2N3O3. The fourth-order valence-corrected chi connectivity index (χ4v) is 2.32. The number of rotatable bonds is 4. The first-order valence-corrected chi connectivity index (χ1v) is 8.32. The van der Waals surface area contributed by atoms with E-state index in [4.69, 9.17) is 11.6 Å². The van der Waals surface area contributed by atoms with Crippen LogP contribution in [0.3, 0.4) is 0 Å². The summed E-state index contributed by atoms with van der Waals surface area (Å²) in [5.74, 6) is -3.73. The number of nitrogens with zero attached hydrogens (tertiary/aromatic N) is 1. The molecule has 0 saturated heterocycles. The first-order valence-electron chi connectivity index (χ1n) is 7.94. The number of hydrogen-bond donors (Lipinski definition) is 2. The molecule has 0 saturated carbocycles. The molecule has 2 N–H and O–H groups in total. The van der Waals surface area contributed by atoms with Crippen LogP contribution >= 0.6 is 11.6 Å². The van der Waals surface area contributed by atoms with E-state index in [2.05, 4.69) is 5.32 Å². The van der Waals surface area contributed by atoms with Crippen LogP contribution in [-0.2, 0) is 4.79 Å². The molecule has 0 heterocycles. The zero-order valence-electron chi connectivity index (χ0n) is 14.9. The SMILES string of the molecule is CN(C)C(=O)/C=C/c1ccccc1NC(=O)NC(=O)c1cc(F)c(F)cc1Cl. The van der Waals surface area contributed by atoms with Gasteiger partial charge in [-0.25, -0.2) is 13.6 Å². The van der Waals surface area contributed by atoms with Crippen molar-refractivity contribution in [3.8, 4) is 0 Å². The number of amides is 4.